The number of H-pyrrole nitrogens is 1. The van der Waals surface area contributed by atoms with E-state index >= 15 is 0 Å². The van der Waals surface area contributed by atoms with Crippen LogP contribution in [0.25, 0.3) is 40.5 Å². The van der Waals surface area contributed by atoms with Crippen molar-refractivity contribution in [3.8, 4) is 0 Å². The van der Waals surface area contributed by atoms with Crippen molar-refractivity contribution in [2.45, 2.75) is 70.6 Å². The first-order valence-corrected chi connectivity index (χ1v) is 33.4. The van der Waals surface area contributed by atoms with Crippen LogP contribution in [0.4, 0.5) is 0 Å². The van der Waals surface area contributed by atoms with Gasteiger partial charge >= 0.3 is 0 Å². The maximum absolute atomic E-state index is 4.58. The highest BCUT2D eigenvalue weighted by molar-refractivity contribution is 7.25. The molecule has 0 atom stereocenters. The van der Waals surface area contributed by atoms with E-state index in [1.165, 1.54) is 112 Å². The van der Waals surface area contributed by atoms with Gasteiger partial charge in [0.15, 0.2) is 0 Å². The molecule has 13 aromatic rings. The summed E-state index contributed by atoms with van der Waals surface area (Å²) < 4.78 is 10.0. The number of aromatic amines is 1. The highest BCUT2D eigenvalue weighted by Crippen LogP contribution is 2.25. The van der Waals surface area contributed by atoms with Gasteiger partial charge in [0.25, 0.3) is 0 Å². The molecule has 4 aliphatic rings. The number of allylic oxidation sites excluding steroid dienone is 5. The third-order valence-corrected chi connectivity index (χ3v) is 16.0. The Morgan fingerprint density at radius 1 is 0.376 bits per heavy atom. The largest absolute Gasteiger partial charge is 0.473 e. The van der Waals surface area contributed by atoms with Crippen molar-refractivity contribution in [1.82, 2.24) is 20.3 Å². The number of benzene rings is 5. The summed E-state index contributed by atoms with van der Waals surface area (Å²) in [5.41, 5.74) is 2.97. The van der Waals surface area contributed by atoms with Gasteiger partial charge in [-0.05, 0) is 187 Å². The molecule has 1 saturated heterocycles. The molecular weight excluding hydrogens is 1140 g/mol. The molecule has 0 spiro atoms. The summed E-state index contributed by atoms with van der Waals surface area (Å²) in [6.07, 6.45) is 39.9. The normalized spacial score (nSPS) is 12.3. The van der Waals surface area contributed by atoms with Gasteiger partial charge in [-0.25, -0.2) is 4.98 Å². The number of para-hydroxylation sites is 1. The fourth-order valence-corrected chi connectivity index (χ4v) is 11.2. The van der Waals surface area contributed by atoms with Crippen LogP contribution in [-0.2, 0) is 0 Å². The summed E-state index contributed by atoms with van der Waals surface area (Å²) in [6, 6.07) is 69.0. The highest BCUT2D eigenvalue weighted by Gasteiger charge is 1.94. The second-order valence-corrected chi connectivity index (χ2v) is 22.8. The predicted molar refractivity (Wildman–Crippen MR) is 379 cm³/mol. The first-order chi connectivity index (χ1) is 42.4. The third kappa shape index (κ3) is 35.1. The molecule has 2 N–H and O–H groups in total. The lowest BCUT2D eigenvalue weighted by molar-refractivity contribution is 0.520. The van der Waals surface area contributed by atoms with Crippen molar-refractivity contribution >= 4 is 103 Å². The van der Waals surface area contributed by atoms with E-state index in [0.29, 0.717) is 0 Å². The number of thiazole rings is 1. The summed E-state index contributed by atoms with van der Waals surface area (Å²) in [7, 11) is 0. The molecule has 0 radical (unpaired) electrons. The molecule has 438 valence electrons. The van der Waals surface area contributed by atoms with Crippen LogP contribution in [0, 0.1) is 0 Å². The van der Waals surface area contributed by atoms with Crippen LogP contribution in [0.2, 0.25) is 0 Å². The van der Waals surface area contributed by atoms with Crippen LogP contribution in [0.5, 0.6) is 0 Å². The van der Waals surface area contributed by atoms with Crippen molar-refractivity contribution in [3.63, 3.8) is 0 Å². The summed E-state index contributed by atoms with van der Waals surface area (Å²) in [6.45, 7) is 2.50. The highest BCUT2D eigenvalue weighted by atomic mass is 32.1. The number of nitrogens with one attached hydrogen (secondary N) is 2. The number of hydrogen-bond acceptors (Lipinski definition) is 10. The minimum atomic E-state index is 1.03. The van der Waals surface area contributed by atoms with E-state index < -0.39 is 0 Å². The van der Waals surface area contributed by atoms with Crippen LogP contribution < -0.4 is 5.32 Å². The zero-order valence-corrected chi connectivity index (χ0v) is 52.7. The number of thiophene rings is 4. The summed E-state index contributed by atoms with van der Waals surface area (Å²) in [4.78, 5) is 14.6. The average Bonchev–Trinajstić information content (AvgIpc) is 4.55. The minimum Gasteiger partial charge on any atom is -0.473 e. The lowest BCUT2D eigenvalue weighted by atomic mass is 10.1. The van der Waals surface area contributed by atoms with Crippen LogP contribution >= 0.6 is 56.7 Å². The standard InChI is InChI=1S/C10H8.C8H6S.C7H5NS.C6H4S2.C6H10.C6H6.C5H11N.C5H5N.C5H8.2C4H5N.C4H4O.C4H4S/c1-2-6-10-8-4-3-7-9(10)5-1;1-2-4-8-7(3-1)5-6-9-8;1-2-4-7-6(3-1)8-5-9-7;1-3-7-6-2-4-8-5(1)6;4*1-2-4-6-5-3-1;5*1-2-4-5-3-1/h1-8H;1-6H;1-5H;1-4H;1-2H,3-6H2;1-6H;6H,1-5H2;1-5H;1-2H,3-5H2;1,3-4H,2H2;1-5H;2*1-4H. The van der Waals surface area contributed by atoms with Crippen LogP contribution in [0.1, 0.15) is 70.6 Å². The molecule has 0 amide bonds. The quantitative estimate of drug-likeness (QED) is 0.148. The molecule has 10 heterocycles. The van der Waals surface area contributed by atoms with Crippen molar-refractivity contribution in [3.05, 3.63) is 313 Å². The number of aromatic nitrogens is 3. The number of nitrogens with zero attached hydrogens (tertiary/aromatic N) is 3. The zero-order valence-electron chi connectivity index (χ0n) is 48.6. The van der Waals surface area contributed by atoms with Crippen LogP contribution in [0.3, 0.4) is 0 Å². The number of pyridine rings is 1. The smallest absolute Gasteiger partial charge is 0.0902 e. The zero-order chi connectivity index (χ0) is 59.1. The van der Waals surface area contributed by atoms with Gasteiger partial charge in [-0.15, -0.1) is 45.3 Å². The second kappa shape index (κ2) is 49.5. The maximum atomic E-state index is 4.58. The van der Waals surface area contributed by atoms with Crippen molar-refractivity contribution < 1.29 is 4.42 Å². The number of hydrogen-bond donors (Lipinski definition) is 2. The average molecular weight is 1220 g/mol. The molecule has 5 aromatic carbocycles. The topological polar surface area (TPSA) is 79.1 Å². The van der Waals surface area contributed by atoms with Gasteiger partial charge in [-0.1, -0.05) is 170 Å². The van der Waals surface area contributed by atoms with Gasteiger partial charge in [0, 0.05) is 57.7 Å². The summed E-state index contributed by atoms with van der Waals surface area (Å²) in [5, 5.41) is 17.7. The maximum Gasteiger partial charge on any atom is 0.0902 e. The Bertz CT molecular complexity index is 3060. The molecule has 2 aliphatic carbocycles. The lowest BCUT2D eigenvalue weighted by Crippen LogP contribution is -2.21. The van der Waals surface area contributed by atoms with Crippen molar-refractivity contribution in [2.24, 2.45) is 4.99 Å². The second-order valence-electron chi connectivity index (χ2n) is 18.3. The molecule has 0 unspecified atom stereocenters. The van der Waals surface area contributed by atoms with E-state index in [2.05, 4.69) is 167 Å². The van der Waals surface area contributed by atoms with E-state index in [4.69, 9.17) is 0 Å². The molecule has 6 nitrogen and oxygen atoms in total. The molecular formula is C74H81N5OS5. The monoisotopic (exact) mass is 1220 g/mol. The van der Waals surface area contributed by atoms with Gasteiger partial charge in [0.05, 0.1) is 28.3 Å². The van der Waals surface area contributed by atoms with Gasteiger partial charge < -0.3 is 14.7 Å². The molecule has 0 bridgehead atoms. The Morgan fingerprint density at radius 3 is 1.24 bits per heavy atom. The van der Waals surface area contributed by atoms with Crippen LogP contribution in [-0.4, -0.2) is 34.3 Å². The van der Waals surface area contributed by atoms with Gasteiger partial charge in [0.1, 0.15) is 0 Å². The van der Waals surface area contributed by atoms with Crippen molar-refractivity contribution in [2.75, 3.05) is 13.1 Å². The molecule has 2 aliphatic heterocycles. The fraction of sp³-hybridized carbons (Fsp3) is 0.176. The molecule has 11 heteroatoms. The molecule has 1 fully saturated rings. The van der Waals surface area contributed by atoms with Crippen LogP contribution in [0.15, 0.2) is 322 Å². The molecule has 0 saturated carbocycles. The Morgan fingerprint density at radius 2 is 0.882 bits per heavy atom. The Labute approximate surface area is 525 Å². The fourth-order valence-electron chi connectivity index (χ4n) is 7.42. The lowest BCUT2D eigenvalue weighted by Gasteiger charge is -2.08. The summed E-state index contributed by atoms with van der Waals surface area (Å²) >= 11 is 8.79. The first kappa shape index (κ1) is 67.9. The molecule has 8 aromatic heterocycles. The van der Waals surface area contributed by atoms with E-state index in [9.17, 15) is 0 Å². The predicted octanol–water partition coefficient (Wildman–Crippen LogP) is 23.4. The number of rotatable bonds is 0. The Kier molecular flexibility index (Phi) is 39.6. The number of piperidine rings is 1. The van der Waals surface area contributed by atoms with Gasteiger partial charge in [-0.2, -0.15) is 11.3 Å². The SMILES string of the molecule is C1=CCCC1.C1=CCCCC1.C1=CN=CC1.C1CCNCC1.c1cc2sccc2s1.c1cc[nH]c1.c1ccc2ccccc2c1.c1ccc2sccc2c1.c1ccc2scnc2c1.c1ccccc1.c1ccncc1.c1ccoc1.c1ccsc1. The molecule has 85 heavy (non-hydrogen) atoms. The Hall–Kier alpha value is -7.87. The third-order valence-electron chi connectivity index (χ3n) is 11.7. The minimum absolute atomic E-state index is 1.03. The number of aliphatic imine (C=N–C) groups is 1. The first-order valence-electron chi connectivity index (χ1n) is 29.0. The number of furan rings is 1. The molecule has 17 rings (SSSR count). The van der Waals surface area contributed by atoms with Gasteiger partial charge in [0.2, 0.25) is 0 Å². The Balaban J connectivity index is 0.000000170. The van der Waals surface area contributed by atoms with E-state index in [1.54, 1.807) is 87.8 Å². The van der Waals surface area contributed by atoms with E-state index in [1.807, 2.05) is 150 Å². The van der Waals surface area contributed by atoms with Gasteiger partial charge in [-0.3, -0.25) is 9.98 Å². The van der Waals surface area contributed by atoms with E-state index in [0.717, 1.165) is 11.9 Å². The van der Waals surface area contributed by atoms with Crippen molar-refractivity contribution in [1.29, 1.82) is 0 Å². The van der Waals surface area contributed by atoms with E-state index in [-0.39, 0.29) is 0 Å². The number of fused-ring (bicyclic) bond motifs is 4. The summed E-state index contributed by atoms with van der Waals surface area (Å²) in [5.74, 6) is 0.